The van der Waals surface area contributed by atoms with Gasteiger partial charge in [-0.2, -0.15) is 0 Å². The summed E-state index contributed by atoms with van der Waals surface area (Å²) in [6, 6.07) is 19.7. The van der Waals surface area contributed by atoms with Gasteiger partial charge < -0.3 is 14.5 Å². The predicted octanol–water partition coefficient (Wildman–Crippen LogP) is 5.87. The minimum atomic E-state index is -0.167. The van der Waals surface area contributed by atoms with Crippen LogP contribution < -0.4 is 0 Å². The molecule has 0 fully saturated rings. The highest BCUT2D eigenvalue weighted by atomic mass is 16.6. The van der Waals surface area contributed by atoms with Crippen LogP contribution in [0.3, 0.4) is 0 Å². The van der Waals surface area contributed by atoms with E-state index in [4.69, 9.17) is 9.36 Å². The maximum Gasteiger partial charge on any atom is 0.168 e. The average Bonchev–Trinajstić information content (AvgIpc) is 3.34. The molecular weight excluding hydrogens is 468 g/mol. The fourth-order valence-electron chi connectivity index (χ4n) is 5.35. The normalized spacial score (nSPS) is 20.2. The first-order valence-electron chi connectivity index (χ1n) is 12.8. The topological polar surface area (TPSA) is 102 Å². The van der Waals surface area contributed by atoms with Crippen molar-refractivity contribution < 1.29 is 24.1 Å². The Morgan fingerprint density at radius 3 is 2.19 bits per heavy atom. The maximum absolute atomic E-state index is 13.2. The monoisotopic (exact) mass is 498 g/mol. The van der Waals surface area contributed by atoms with Crippen molar-refractivity contribution in [3.8, 4) is 0 Å². The lowest BCUT2D eigenvalue weighted by atomic mass is 9.80. The third-order valence-corrected chi connectivity index (χ3v) is 7.15. The molecule has 7 nitrogen and oxygen atoms in total. The van der Waals surface area contributed by atoms with Crippen LogP contribution >= 0.6 is 0 Å². The number of ketones is 2. The highest BCUT2D eigenvalue weighted by Crippen LogP contribution is 2.36. The molecule has 2 aliphatic carbocycles. The van der Waals surface area contributed by atoms with Crippen LogP contribution in [0.2, 0.25) is 0 Å². The Hall–Kier alpha value is -4.00. The number of hydrogen-bond acceptors (Lipinski definition) is 7. The number of hydrogen-bond donors (Lipinski definition) is 1. The van der Waals surface area contributed by atoms with Crippen LogP contribution in [0, 0.1) is 0 Å². The number of oxime groups is 1. The Morgan fingerprint density at radius 2 is 1.57 bits per heavy atom. The fraction of sp³-hybridized carbons (Fsp3) is 0.333. The van der Waals surface area contributed by atoms with Gasteiger partial charge in [-0.1, -0.05) is 71.0 Å². The number of aliphatic hydroxyl groups is 1. The van der Waals surface area contributed by atoms with Crippen molar-refractivity contribution in [1.82, 2.24) is 5.16 Å². The van der Waals surface area contributed by atoms with E-state index in [0.29, 0.717) is 55.0 Å². The zero-order valence-electron chi connectivity index (χ0n) is 20.9. The van der Waals surface area contributed by atoms with Gasteiger partial charge in [-0.15, -0.1) is 0 Å². The molecule has 7 heteroatoms. The van der Waals surface area contributed by atoms with Gasteiger partial charge in [-0.3, -0.25) is 9.59 Å². The van der Waals surface area contributed by atoms with Crippen molar-refractivity contribution in [1.29, 1.82) is 0 Å². The van der Waals surface area contributed by atoms with Crippen LogP contribution in [0.1, 0.15) is 77.4 Å². The van der Waals surface area contributed by atoms with Gasteiger partial charge in [-0.05, 0) is 42.7 Å². The Labute approximate surface area is 215 Å². The molecule has 0 radical (unpaired) electrons. The summed E-state index contributed by atoms with van der Waals surface area (Å²) in [5, 5.41) is 19.3. The third kappa shape index (κ3) is 5.26. The van der Waals surface area contributed by atoms with Crippen molar-refractivity contribution in [2.24, 2.45) is 5.16 Å². The van der Waals surface area contributed by atoms with Gasteiger partial charge >= 0.3 is 0 Å². The molecule has 0 aliphatic heterocycles. The van der Waals surface area contributed by atoms with E-state index in [2.05, 4.69) is 10.3 Å². The van der Waals surface area contributed by atoms with Crippen LogP contribution in [0.5, 0.6) is 0 Å². The lowest BCUT2D eigenvalue weighted by Crippen LogP contribution is -2.25. The number of nitrogens with zero attached hydrogens (tertiary/aromatic N) is 2. The summed E-state index contributed by atoms with van der Waals surface area (Å²) in [5.41, 5.74) is 3.82. The molecule has 1 N–H and O–H groups in total. The molecule has 0 amide bonds. The number of rotatable bonds is 8. The highest BCUT2D eigenvalue weighted by molar-refractivity contribution is 6.23. The van der Waals surface area contributed by atoms with Crippen molar-refractivity contribution >= 4 is 17.3 Å². The maximum atomic E-state index is 13.2. The quantitative estimate of drug-likeness (QED) is 0.308. The van der Waals surface area contributed by atoms with Crippen LogP contribution in [0.25, 0.3) is 0 Å². The summed E-state index contributed by atoms with van der Waals surface area (Å²) in [4.78, 5) is 31.6. The van der Waals surface area contributed by atoms with E-state index in [9.17, 15) is 14.7 Å². The lowest BCUT2D eigenvalue weighted by molar-refractivity contribution is -0.116. The number of benzene rings is 2. The van der Waals surface area contributed by atoms with Crippen molar-refractivity contribution in [2.45, 2.75) is 57.3 Å². The number of carbonyl (C=O) groups is 2. The lowest BCUT2D eigenvalue weighted by Gasteiger charge is -2.24. The van der Waals surface area contributed by atoms with E-state index in [1.807, 2.05) is 60.7 Å². The number of aromatic nitrogens is 1. The minimum Gasteiger partial charge on any atom is -0.511 e. The zero-order chi connectivity index (χ0) is 25.8. The SMILES string of the molecule is CCO/N=C(\CCc1noc2c1C(=O)CC(c1ccccc1)C2)C1=C(O)CC(c2ccccc2)CC1=O. The summed E-state index contributed by atoms with van der Waals surface area (Å²) in [6.45, 7) is 2.14. The summed E-state index contributed by atoms with van der Waals surface area (Å²) in [5.74, 6) is 0.453. The second-order valence-corrected chi connectivity index (χ2v) is 9.58. The molecule has 37 heavy (non-hydrogen) atoms. The predicted molar refractivity (Wildman–Crippen MR) is 139 cm³/mol. The Morgan fingerprint density at radius 1 is 0.946 bits per heavy atom. The van der Waals surface area contributed by atoms with E-state index in [-0.39, 0.29) is 47.6 Å². The van der Waals surface area contributed by atoms with Crippen molar-refractivity contribution in [3.63, 3.8) is 0 Å². The van der Waals surface area contributed by atoms with Crippen molar-refractivity contribution in [3.05, 3.63) is 100 Å². The van der Waals surface area contributed by atoms with Gasteiger partial charge in [0.05, 0.1) is 22.5 Å². The molecule has 2 aromatic carbocycles. The molecular formula is C30H30N2O5. The molecule has 0 saturated heterocycles. The third-order valence-electron chi connectivity index (χ3n) is 7.15. The van der Waals surface area contributed by atoms with Gasteiger partial charge in [0.2, 0.25) is 0 Å². The van der Waals surface area contributed by atoms with Gasteiger partial charge in [0.15, 0.2) is 11.6 Å². The van der Waals surface area contributed by atoms with E-state index in [1.54, 1.807) is 6.92 Å². The molecule has 190 valence electrons. The van der Waals surface area contributed by atoms with E-state index in [1.165, 1.54) is 0 Å². The second kappa shape index (κ2) is 10.9. The average molecular weight is 499 g/mol. The van der Waals surface area contributed by atoms with E-state index in [0.717, 1.165) is 11.1 Å². The summed E-state index contributed by atoms with van der Waals surface area (Å²) in [6.07, 6.45) is 2.29. The van der Waals surface area contributed by atoms with Crippen molar-refractivity contribution in [2.75, 3.05) is 6.61 Å². The number of allylic oxidation sites excluding steroid dienone is 2. The first-order chi connectivity index (χ1) is 18.0. The minimum absolute atomic E-state index is 0.0103. The molecule has 2 aliphatic rings. The van der Waals surface area contributed by atoms with E-state index < -0.39 is 0 Å². The zero-order valence-corrected chi connectivity index (χ0v) is 20.9. The smallest absolute Gasteiger partial charge is 0.168 e. The number of Topliss-reactive ketones (excluding diaryl/α,β-unsaturated/α-hetero) is 2. The number of aliphatic hydroxyl groups excluding tert-OH is 1. The largest absolute Gasteiger partial charge is 0.511 e. The first-order valence-corrected chi connectivity index (χ1v) is 12.8. The standard InChI is InChI=1S/C30H30N2O5/c1-2-36-31-23(29-25(33)15-21(16-26(29)34)19-9-5-3-6-10-19)13-14-24-30-27(35)17-22(18-28(30)37-32-24)20-11-7-4-8-12-20/h3-12,21-22,33H,2,13-18H2,1H3/b31-23+. The first kappa shape index (κ1) is 24.7. The van der Waals surface area contributed by atoms with Gasteiger partial charge in [0.25, 0.3) is 0 Å². The summed E-state index contributed by atoms with van der Waals surface area (Å²) < 4.78 is 5.60. The molecule has 1 heterocycles. The Kier molecular flexibility index (Phi) is 7.30. The van der Waals surface area contributed by atoms with Gasteiger partial charge in [0.1, 0.15) is 18.1 Å². The molecule has 0 bridgehead atoms. The van der Waals surface area contributed by atoms with Gasteiger partial charge in [-0.25, -0.2) is 0 Å². The second-order valence-electron chi connectivity index (χ2n) is 9.58. The summed E-state index contributed by atoms with van der Waals surface area (Å²) >= 11 is 0. The van der Waals surface area contributed by atoms with E-state index >= 15 is 0 Å². The molecule has 1 aromatic heterocycles. The molecule has 0 saturated carbocycles. The molecule has 0 spiro atoms. The van der Waals surface area contributed by atoms with Gasteiger partial charge in [0, 0.05) is 25.7 Å². The van der Waals surface area contributed by atoms with Crippen LogP contribution in [-0.4, -0.2) is 34.1 Å². The number of aryl methyl sites for hydroxylation is 1. The highest BCUT2D eigenvalue weighted by Gasteiger charge is 2.34. The Balaban J connectivity index is 1.34. The molecule has 2 atom stereocenters. The van der Waals surface area contributed by atoms with Crippen LogP contribution in [0.4, 0.5) is 0 Å². The summed E-state index contributed by atoms with van der Waals surface area (Å²) in [7, 11) is 0. The molecule has 5 rings (SSSR count). The molecule has 2 unspecified atom stereocenters. The Bertz CT molecular complexity index is 1340. The van der Waals surface area contributed by atoms with Crippen LogP contribution in [-0.2, 0) is 22.5 Å². The fourth-order valence-corrected chi connectivity index (χ4v) is 5.35. The number of fused-ring (bicyclic) bond motifs is 1. The molecule has 3 aromatic rings. The number of carbonyl (C=O) groups excluding carboxylic acids is 2. The van der Waals surface area contributed by atoms with Crippen LogP contribution in [0.15, 0.2) is 81.7 Å².